The molecule has 0 radical (unpaired) electrons. The first-order chi connectivity index (χ1) is 13.4. The van der Waals surface area contributed by atoms with Gasteiger partial charge in [0.25, 0.3) is 0 Å². The number of rotatable bonds is 7. The molecule has 1 nitrogen and oxygen atoms in total. The van der Waals surface area contributed by atoms with E-state index in [1.54, 1.807) is 0 Å². The molecule has 0 amide bonds. The lowest BCUT2D eigenvalue weighted by molar-refractivity contribution is 0.228. The predicted octanol–water partition coefficient (Wildman–Crippen LogP) is 8.55. The first-order valence-electron chi connectivity index (χ1n) is 12.3. The van der Waals surface area contributed by atoms with E-state index in [1.807, 2.05) is 0 Å². The van der Waals surface area contributed by atoms with Crippen molar-refractivity contribution in [3.63, 3.8) is 0 Å². The zero-order valence-corrected chi connectivity index (χ0v) is 20.7. The number of phenolic OH excluding ortho intramolecular Hbond substituents is 1. The minimum atomic E-state index is -0.0389. The molecule has 0 spiro atoms. The highest BCUT2D eigenvalue weighted by Crippen LogP contribution is 2.40. The Morgan fingerprint density at radius 3 is 1.83 bits per heavy atom. The van der Waals surface area contributed by atoms with Gasteiger partial charge in [-0.3, -0.25) is 0 Å². The Labute approximate surface area is 181 Å². The van der Waals surface area contributed by atoms with Gasteiger partial charge in [-0.2, -0.15) is 0 Å². The molecular formula is C28H48O. The summed E-state index contributed by atoms with van der Waals surface area (Å²) in [5.41, 5.74) is 3.52. The summed E-state index contributed by atoms with van der Waals surface area (Å²) in [4.78, 5) is 0. The van der Waals surface area contributed by atoms with Crippen LogP contribution in [0.4, 0.5) is 0 Å². The number of aromatic hydroxyl groups is 1. The summed E-state index contributed by atoms with van der Waals surface area (Å²) in [7, 11) is 0. The molecule has 1 aliphatic rings. The van der Waals surface area contributed by atoms with Crippen molar-refractivity contribution >= 4 is 0 Å². The van der Waals surface area contributed by atoms with Crippen LogP contribution < -0.4 is 0 Å². The predicted molar refractivity (Wildman–Crippen MR) is 128 cm³/mol. The van der Waals surface area contributed by atoms with Crippen molar-refractivity contribution in [2.24, 2.45) is 17.8 Å². The number of aryl methyl sites for hydroxylation is 1. The molecule has 1 unspecified atom stereocenters. The normalized spacial score (nSPS) is 21.9. The number of hydrogen-bond donors (Lipinski definition) is 1. The maximum absolute atomic E-state index is 10.9. The molecular weight excluding hydrogens is 352 g/mol. The summed E-state index contributed by atoms with van der Waals surface area (Å²) in [6.45, 7) is 18.0. The molecule has 1 heteroatoms. The van der Waals surface area contributed by atoms with E-state index in [9.17, 15) is 5.11 Å². The van der Waals surface area contributed by atoms with Gasteiger partial charge in [0.15, 0.2) is 0 Å². The van der Waals surface area contributed by atoms with Crippen LogP contribution in [0.25, 0.3) is 0 Å². The van der Waals surface area contributed by atoms with Crippen molar-refractivity contribution in [3.8, 4) is 5.75 Å². The molecule has 1 fully saturated rings. The van der Waals surface area contributed by atoms with E-state index < -0.39 is 0 Å². The van der Waals surface area contributed by atoms with Crippen LogP contribution in [0.2, 0.25) is 0 Å². The highest BCUT2D eigenvalue weighted by molar-refractivity contribution is 5.49. The fraction of sp³-hybridized carbons (Fsp3) is 0.786. The van der Waals surface area contributed by atoms with E-state index in [0.717, 1.165) is 35.3 Å². The van der Waals surface area contributed by atoms with Crippen molar-refractivity contribution < 1.29 is 5.11 Å². The van der Waals surface area contributed by atoms with Crippen molar-refractivity contribution in [1.82, 2.24) is 0 Å². The number of phenols is 1. The summed E-state index contributed by atoms with van der Waals surface area (Å²) in [5, 5.41) is 10.9. The minimum absolute atomic E-state index is 0.0389. The zero-order valence-electron chi connectivity index (χ0n) is 20.7. The van der Waals surface area contributed by atoms with E-state index in [2.05, 4.69) is 67.5 Å². The van der Waals surface area contributed by atoms with Crippen molar-refractivity contribution in [3.05, 3.63) is 28.8 Å². The molecule has 166 valence electrons. The largest absolute Gasteiger partial charge is 0.507 e. The SMILES string of the molecule is CCCC1CCC(CC(C)CCc2cc(C(C)(C)C)c(O)c(C(C)(C)C)c2)CC1. The van der Waals surface area contributed by atoms with Crippen LogP contribution in [-0.4, -0.2) is 5.11 Å². The van der Waals surface area contributed by atoms with Gasteiger partial charge in [0.1, 0.15) is 5.75 Å². The second kappa shape index (κ2) is 9.88. The lowest BCUT2D eigenvalue weighted by atomic mass is 9.76. The third-order valence-corrected chi connectivity index (χ3v) is 7.11. The fourth-order valence-corrected chi connectivity index (χ4v) is 5.25. The van der Waals surface area contributed by atoms with Gasteiger partial charge in [-0.25, -0.2) is 0 Å². The summed E-state index contributed by atoms with van der Waals surface area (Å²) >= 11 is 0. The van der Waals surface area contributed by atoms with Crippen LogP contribution >= 0.6 is 0 Å². The van der Waals surface area contributed by atoms with E-state index in [-0.39, 0.29) is 10.8 Å². The molecule has 1 aliphatic carbocycles. The highest BCUT2D eigenvalue weighted by Gasteiger charge is 2.27. The second-order valence-corrected chi connectivity index (χ2v) is 12.1. The third-order valence-electron chi connectivity index (χ3n) is 7.11. The van der Waals surface area contributed by atoms with Crippen molar-refractivity contribution in [2.75, 3.05) is 0 Å². The number of hydrogen-bond acceptors (Lipinski definition) is 1. The Bertz CT molecular complexity index is 600. The molecule has 0 aromatic heterocycles. The molecule has 1 aromatic rings. The molecule has 29 heavy (non-hydrogen) atoms. The summed E-state index contributed by atoms with van der Waals surface area (Å²) < 4.78 is 0. The fourth-order valence-electron chi connectivity index (χ4n) is 5.25. The Balaban J connectivity index is 2.01. The lowest BCUT2D eigenvalue weighted by Crippen LogP contribution is -2.18. The van der Waals surface area contributed by atoms with Crippen LogP contribution in [0.1, 0.15) is 123 Å². The molecule has 1 N–H and O–H groups in total. The molecule has 1 atom stereocenters. The van der Waals surface area contributed by atoms with Gasteiger partial charge in [-0.05, 0) is 64.5 Å². The summed E-state index contributed by atoms with van der Waals surface area (Å²) in [6.07, 6.45) is 12.4. The molecule has 0 saturated heterocycles. The Kier molecular flexibility index (Phi) is 8.28. The van der Waals surface area contributed by atoms with Crippen LogP contribution in [0.5, 0.6) is 5.75 Å². The van der Waals surface area contributed by atoms with E-state index in [1.165, 1.54) is 56.9 Å². The van der Waals surface area contributed by atoms with Gasteiger partial charge in [-0.1, -0.05) is 106 Å². The Morgan fingerprint density at radius 2 is 1.38 bits per heavy atom. The molecule has 0 bridgehead atoms. The molecule has 0 aliphatic heterocycles. The van der Waals surface area contributed by atoms with Gasteiger partial charge in [-0.15, -0.1) is 0 Å². The molecule has 2 rings (SSSR count). The Hall–Kier alpha value is -0.980. The molecule has 1 aromatic carbocycles. The van der Waals surface area contributed by atoms with E-state index in [4.69, 9.17) is 0 Å². The van der Waals surface area contributed by atoms with Crippen molar-refractivity contribution in [1.29, 1.82) is 0 Å². The lowest BCUT2D eigenvalue weighted by Gasteiger charge is -2.30. The van der Waals surface area contributed by atoms with Gasteiger partial charge < -0.3 is 5.11 Å². The molecule has 1 saturated carbocycles. The van der Waals surface area contributed by atoms with Gasteiger partial charge in [0.05, 0.1) is 0 Å². The highest BCUT2D eigenvalue weighted by atomic mass is 16.3. The maximum atomic E-state index is 10.9. The zero-order chi connectivity index (χ0) is 21.8. The summed E-state index contributed by atoms with van der Waals surface area (Å²) in [5.74, 6) is 3.25. The first kappa shape index (κ1) is 24.3. The Morgan fingerprint density at radius 1 is 0.897 bits per heavy atom. The van der Waals surface area contributed by atoms with E-state index >= 15 is 0 Å². The average molecular weight is 401 g/mol. The van der Waals surface area contributed by atoms with Gasteiger partial charge in [0, 0.05) is 0 Å². The van der Waals surface area contributed by atoms with Crippen LogP contribution in [-0.2, 0) is 17.3 Å². The summed E-state index contributed by atoms with van der Waals surface area (Å²) in [6, 6.07) is 4.54. The third kappa shape index (κ3) is 7.04. The van der Waals surface area contributed by atoms with Crippen molar-refractivity contribution in [2.45, 2.75) is 124 Å². The molecule has 0 heterocycles. The minimum Gasteiger partial charge on any atom is -0.507 e. The van der Waals surface area contributed by atoms with Gasteiger partial charge in [0.2, 0.25) is 0 Å². The van der Waals surface area contributed by atoms with Crippen LogP contribution in [0, 0.1) is 17.8 Å². The smallest absolute Gasteiger partial charge is 0.123 e. The maximum Gasteiger partial charge on any atom is 0.123 e. The first-order valence-corrected chi connectivity index (χ1v) is 12.3. The topological polar surface area (TPSA) is 20.2 Å². The second-order valence-electron chi connectivity index (χ2n) is 12.1. The van der Waals surface area contributed by atoms with E-state index in [0.29, 0.717) is 5.75 Å². The van der Waals surface area contributed by atoms with Gasteiger partial charge >= 0.3 is 0 Å². The standard InChI is InChI=1S/C28H48O/c1-9-10-21-13-15-22(16-14-21)17-20(2)11-12-23-18-24(27(3,4)5)26(29)25(19-23)28(6,7)8/h18-22,29H,9-17H2,1-8H3. The van der Waals surface area contributed by atoms with Crippen LogP contribution in [0.15, 0.2) is 12.1 Å². The monoisotopic (exact) mass is 400 g/mol. The average Bonchev–Trinajstić information content (AvgIpc) is 2.60. The number of benzene rings is 1. The van der Waals surface area contributed by atoms with Crippen LogP contribution in [0.3, 0.4) is 0 Å². The quantitative estimate of drug-likeness (QED) is 0.486.